The summed E-state index contributed by atoms with van der Waals surface area (Å²) in [6.07, 6.45) is 1.51. The zero-order valence-electron chi connectivity index (χ0n) is 6.10. The summed E-state index contributed by atoms with van der Waals surface area (Å²) >= 11 is 3.14. The third-order valence-corrected chi connectivity index (χ3v) is 2.41. The summed E-state index contributed by atoms with van der Waals surface area (Å²) < 4.78 is 25.8. The van der Waals surface area contributed by atoms with Gasteiger partial charge in [0.05, 0.1) is 5.92 Å². The molecule has 4 heteroatoms. The molecule has 1 aromatic heterocycles. The highest BCUT2D eigenvalue weighted by Crippen LogP contribution is 2.55. The van der Waals surface area contributed by atoms with Crippen LogP contribution in [-0.4, -0.2) is 10.9 Å². The predicted molar refractivity (Wildman–Crippen MR) is 44.2 cm³/mol. The lowest BCUT2D eigenvalue weighted by Gasteiger charge is -1.98. The topological polar surface area (TPSA) is 12.9 Å². The van der Waals surface area contributed by atoms with Crippen LogP contribution in [0.1, 0.15) is 17.9 Å². The van der Waals surface area contributed by atoms with Crippen molar-refractivity contribution in [2.24, 2.45) is 0 Å². The first-order chi connectivity index (χ1) is 5.59. The number of halogens is 3. The Bertz CT molecular complexity index is 314. The lowest BCUT2D eigenvalue weighted by Crippen LogP contribution is -1.92. The van der Waals surface area contributed by atoms with E-state index in [0.29, 0.717) is 10.2 Å². The maximum Gasteiger partial charge on any atom is 0.255 e. The van der Waals surface area contributed by atoms with E-state index in [1.54, 1.807) is 12.1 Å². The maximum atomic E-state index is 12.6. The van der Waals surface area contributed by atoms with E-state index in [9.17, 15) is 8.78 Å². The zero-order chi connectivity index (χ0) is 8.77. The number of rotatable bonds is 1. The smallest absolute Gasteiger partial charge is 0.249 e. The van der Waals surface area contributed by atoms with Crippen molar-refractivity contribution in [2.75, 3.05) is 0 Å². The van der Waals surface area contributed by atoms with Crippen LogP contribution < -0.4 is 0 Å². The summed E-state index contributed by atoms with van der Waals surface area (Å²) in [5.74, 6) is -3.07. The van der Waals surface area contributed by atoms with Crippen LogP contribution in [0.2, 0.25) is 0 Å². The maximum absolute atomic E-state index is 12.6. The fourth-order valence-electron chi connectivity index (χ4n) is 1.21. The van der Waals surface area contributed by atoms with Gasteiger partial charge < -0.3 is 0 Å². The fraction of sp³-hybridized carbons (Fsp3) is 0.375. The monoisotopic (exact) mass is 233 g/mol. The van der Waals surface area contributed by atoms with Crippen LogP contribution in [0.15, 0.2) is 22.9 Å². The first-order valence-electron chi connectivity index (χ1n) is 3.59. The molecule has 1 unspecified atom stereocenters. The molecular formula is C8H6BrF2N. The van der Waals surface area contributed by atoms with Gasteiger partial charge in [-0.25, -0.2) is 13.8 Å². The van der Waals surface area contributed by atoms with Gasteiger partial charge in [0.2, 0.25) is 0 Å². The van der Waals surface area contributed by atoms with Crippen LogP contribution in [0.3, 0.4) is 0 Å². The molecule has 64 valence electrons. The molecule has 1 aromatic rings. The van der Waals surface area contributed by atoms with Crippen LogP contribution in [0.5, 0.6) is 0 Å². The molecule has 1 atom stereocenters. The van der Waals surface area contributed by atoms with Crippen molar-refractivity contribution >= 4 is 15.9 Å². The normalized spacial score (nSPS) is 25.4. The van der Waals surface area contributed by atoms with Gasteiger partial charge in [-0.2, -0.15) is 0 Å². The Morgan fingerprint density at radius 2 is 2.25 bits per heavy atom. The van der Waals surface area contributed by atoms with E-state index in [1.807, 2.05) is 0 Å². The van der Waals surface area contributed by atoms with E-state index in [1.165, 1.54) is 6.20 Å². The molecule has 1 aliphatic carbocycles. The van der Waals surface area contributed by atoms with Crippen molar-refractivity contribution in [2.45, 2.75) is 18.3 Å². The van der Waals surface area contributed by atoms with Gasteiger partial charge in [0.1, 0.15) is 4.60 Å². The molecule has 1 heterocycles. The molecule has 0 amide bonds. The largest absolute Gasteiger partial charge is 0.255 e. The van der Waals surface area contributed by atoms with Gasteiger partial charge in [-0.05, 0) is 33.6 Å². The minimum Gasteiger partial charge on any atom is -0.249 e. The molecular weight excluding hydrogens is 228 g/mol. The second kappa shape index (κ2) is 2.49. The summed E-state index contributed by atoms with van der Waals surface area (Å²) in [4.78, 5) is 3.87. The molecule has 0 saturated heterocycles. The Morgan fingerprint density at radius 3 is 2.75 bits per heavy atom. The number of hydrogen-bond donors (Lipinski definition) is 0. The Balaban J connectivity index is 2.26. The molecule has 12 heavy (non-hydrogen) atoms. The van der Waals surface area contributed by atoms with Crippen molar-refractivity contribution in [3.8, 4) is 0 Å². The molecule has 0 radical (unpaired) electrons. The summed E-state index contributed by atoms with van der Waals surface area (Å²) in [5.41, 5.74) is 0.668. The molecule has 0 aliphatic heterocycles. The van der Waals surface area contributed by atoms with Crippen LogP contribution in [0.25, 0.3) is 0 Å². The van der Waals surface area contributed by atoms with Gasteiger partial charge in [0, 0.05) is 12.6 Å². The van der Waals surface area contributed by atoms with Crippen LogP contribution in [0.4, 0.5) is 8.78 Å². The molecule has 0 bridgehead atoms. The van der Waals surface area contributed by atoms with E-state index in [4.69, 9.17) is 0 Å². The summed E-state index contributed by atoms with van der Waals surface area (Å²) in [5, 5.41) is 0. The molecule has 1 saturated carbocycles. The van der Waals surface area contributed by atoms with Crippen molar-refractivity contribution in [1.82, 2.24) is 4.98 Å². The Morgan fingerprint density at radius 1 is 1.58 bits per heavy atom. The number of nitrogens with zero attached hydrogens (tertiary/aromatic N) is 1. The van der Waals surface area contributed by atoms with E-state index >= 15 is 0 Å². The van der Waals surface area contributed by atoms with Crippen molar-refractivity contribution < 1.29 is 8.78 Å². The highest BCUT2D eigenvalue weighted by Gasteiger charge is 2.57. The van der Waals surface area contributed by atoms with Crippen molar-refractivity contribution in [3.63, 3.8) is 0 Å². The fourth-order valence-corrected chi connectivity index (χ4v) is 1.59. The lowest BCUT2D eigenvalue weighted by atomic mass is 10.2. The third-order valence-electron chi connectivity index (χ3n) is 1.98. The number of pyridine rings is 1. The highest BCUT2D eigenvalue weighted by molar-refractivity contribution is 9.10. The van der Waals surface area contributed by atoms with Gasteiger partial charge in [-0.3, -0.25) is 0 Å². The summed E-state index contributed by atoms with van der Waals surface area (Å²) in [6.45, 7) is 0. The molecule has 0 aromatic carbocycles. The average Bonchev–Trinajstić information content (AvgIpc) is 2.60. The Kier molecular flexibility index (Phi) is 1.68. The van der Waals surface area contributed by atoms with E-state index in [-0.39, 0.29) is 6.42 Å². The number of aromatic nitrogens is 1. The van der Waals surface area contributed by atoms with Crippen LogP contribution in [-0.2, 0) is 0 Å². The van der Waals surface area contributed by atoms with Crippen molar-refractivity contribution in [3.05, 3.63) is 28.5 Å². The van der Waals surface area contributed by atoms with Crippen LogP contribution >= 0.6 is 15.9 Å². The summed E-state index contributed by atoms with van der Waals surface area (Å²) in [7, 11) is 0. The Hall–Kier alpha value is -0.510. The second-order valence-corrected chi connectivity index (χ2v) is 3.74. The third kappa shape index (κ3) is 1.35. The first-order valence-corrected chi connectivity index (χ1v) is 4.38. The molecule has 1 aliphatic rings. The van der Waals surface area contributed by atoms with E-state index < -0.39 is 11.8 Å². The second-order valence-electron chi connectivity index (χ2n) is 2.93. The lowest BCUT2D eigenvalue weighted by molar-refractivity contribution is 0.112. The van der Waals surface area contributed by atoms with Gasteiger partial charge in [0.15, 0.2) is 0 Å². The summed E-state index contributed by atoms with van der Waals surface area (Å²) in [6, 6.07) is 3.28. The van der Waals surface area contributed by atoms with E-state index in [0.717, 1.165) is 0 Å². The predicted octanol–water partition coefficient (Wildman–Crippen LogP) is 2.97. The Labute approximate surface area is 76.9 Å². The first kappa shape index (κ1) is 8.10. The minimum atomic E-state index is -2.49. The SMILES string of the molecule is FC1(F)CC1c1ccnc(Br)c1. The number of hydrogen-bond acceptors (Lipinski definition) is 1. The number of alkyl halides is 2. The molecule has 1 nitrogen and oxygen atoms in total. The molecule has 2 rings (SSSR count). The minimum absolute atomic E-state index is 0.0244. The van der Waals surface area contributed by atoms with Crippen molar-refractivity contribution in [1.29, 1.82) is 0 Å². The highest BCUT2D eigenvalue weighted by atomic mass is 79.9. The quantitative estimate of drug-likeness (QED) is 0.680. The molecule has 1 fully saturated rings. The van der Waals surface area contributed by atoms with Gasteiger partial charge >= 0.3 is 0 Å². The van der Waals surface area contributed by atoms with Gasteiger partial charge in [0.25, 0.3) is 5.92 Å². The van der Waals surface area contributed by atoms with Gasteiger partial charge in [-0.15, -0.1) is 0 Å². The van der Waals surface area contributed by atoms with Gasteiger partial charge in [-0.1, -0.05) is 0 Å². The zero-order valence-corrected chi connectivity index (χ0v) is 7.68. The standard InChI is InChI=1S/C8H6BrF2N/c9-7-3-5(1-2-12-7)6-4-8(6,10)11/h1-3,6H,4H2. The molecule has 0 N–H and O–H groups in total. The van der Waals surface area contributed by atoms with Crippen LogP contribution in [0, 0.1) is 0 Å². The molecule has 0 spiro atoms. The average molecular weight is 234 g/mol. The van der Waals surface area contributed by atoms with E-state index in [2.05, 4.69) is 20.9 Å².